The molecule has 0 atom stereocenters. The van der Waals surface area contributed by atoms with Crippen LogP contribution in [0.3, 0.4) is 0 Å². The van der Waals surface area contributed by atoms with E-state index in [2.05, 4.69) is 51.7 Å². The minimum atomic E-state index is 0. The lowest BCUT2D eigenvalue weighted by Gasteiger charge is -2.26. The van der Waals surface area contributed by atoms with E-state index in [1.54, 1.807) is 0 Å². The van der Waals surface area contributed by atoms with Gasteiger partial charge in [0.1, 0.15) is 0 Å². The van der Waals surface area contributed by atoms with Gasteiger partial charge in [-0.1, -0.05) is 24.3 Å². The lowest BCUT2D eigenvalue weighted by atomic mass is 10.1. The summed E-state index contributed by atoms with van der Waals surface area (Å²) in [5.74, 6) is 0.853. The fourth-order valence-corrected chi connectivity index (χ4v) is 2.37. The Bertz CT molecular complexity index is 461. The van der Waals surface area contributed by atoms with E-state index >= 15 is 0 Å². The number of benzene rings is 1. The predicted octanol–water partition coefficient (Wildman–Crippen LogP) is 1.61. The summed E-state index contributed by atoms with van der Waals surface area (Å²) in [5.41, 5.74) is 2.60. The molecule has 2 N–H and O–H groups in total. The maximum atomic E-state index is 5.35. The molecular formula is C16H27IN4O. The van der Waals surface area contributed by atoms with Gasteiger partial charge in [-0.25, -0.2) is 0 Å². The van der Waals surface area contributed by atoms with E-state index in [9.17, 15) is 0 Å². The molecular weight excluding hydrogens is 391 g/mol. The summed E-state index contributed by atoms with van der Waals surface area (Å²) in [6, 6.07) is 8.40. The number of rotatable bonds is 5. The Labute approximate surface area is 150 Å². The van der Waals surface area contributed by atoms with E-state index < -0.39 is 0 Å². The van der Waals surface area contributed by atoms with Crippen LogP contribution in [0.5, 0.6) is 0 Å². The van der Waals surface area contributed by atoms with Crippen LogP contribution in [0.25, 0.3) is 0 Å². The molecule has 0 radical (unpaired) electrons. The molecule has 0 spiro atoms. The summed E-state index contributed by atoms with van der Waals surface area (Å²) in [6.07, 6.45) is 0. The number of hydrogen-bond donors (Lipinski definition) is 2. The number of guanidine groups is 1. The van der Waals surface area contributed by atoms with Crippen molar-refractivity contribution in [2.75, 3.05) is 46.4 Å². The van der Waals surface area contributed by atoms with Crippen molar-refractivity contribution in [1.29, 1.82) is 0 Å². The van der Waals surface area contributed by atoms with Crippen molar-refractivity contribution >= 4 is 29.9 Å². The molecule has 1 fully saturated rings. The summed E-state index contributed by atoms with van der Waals surface area (Å²) in [5, 5.41) is 6.72. The molecule has 5 nitrogen and oxygen atoms in total. The van der Waals surface area contributed by atoms with Crippen LogP contribution in [0.1, 0.15) is 11.1 Å². The predicted molar refractivity (Wildman–Crippen MR) is 102 cm³/mol. The Hall–Kier alpha value is -0.860. The van der Waals surface area contributed by atoms with E-state index in [0.717, 1.165) is 51.9 Å². The number of aliphatic imine (C=N–C) groups is 1. The Morgan fingerprint density at radius 2 is 1.95 bits per heavy atom. The fraction of sp³-hybridized carbons (Fsp3) is 0.562. The van der Waals surface area contributed by atoms with Gasteiger partial charge in [0.2, 0.25) is 0 Å². The Kier molecular flexibility index (Phi) is 9.42. The van der Waals surface area contributed by atoms with Crippen molar-refractivity contribution in [1.82, 2.24) is 15.5 Å². The van der Waals surface area contributed by atoms with Gasteiger partial charge in [-0.05, 0) is 18.1 Å². The average molecular weight is 418 g/mol. The van der Waals surface area contributed by atoms with Crippen molar-refractivity contribution in [3.63, 3.8) is 0 Å². The summed E-state index contributed by atoms with van der Waals surface area (Å²) in [6.45, 7) is 8.59. The molecule has 0 unspecified atom stereocenters. The second kappa shape index (κ2) is 10.8. The standard InChI is InChI=1S/C16H26N4O.HI/c1-14-5-3-4-6-15(14)13-19-16(17-2)18-7-8-20-9-11-21-12-10-20;/h3-6H,7-13H2,1-2H3,(H2,17,18,19);1H. The number of nitrogens with zero attached hydrogens (tertiary/aromatic N) is 2. The summed E-state index contributed by atoms with van der Waals surface area (Å²) >= 11 is 0. The smallest absolute Gasteiger partial charge is 0.191 e. The first kappa shape index (κ1) is 19.2. The maximum absolute atomic E-state index is 5.35. The summed E-state index contributed by atoms with van der Waals surface area (Å²) in [4.78, 5) is 6.67. The molecule has 2 rings (SSSR count). The number of nitrogens with one attached hydrogen (secondary N) is 2. The van der Waals surface area contributed by atoms with Crippen LogP contribution in [0.15, 0.2) is 29.3 Å². The van der Waals surface area contributed by atoms with Gasteiger partial charge >= 0.3 is 0 Å². The van der Waals surface area contributed by atoms with Crippen molar-refractivity contribution in [3.05, 3.63) is 35.4 Å². The molecule has 1 saturated heterocycles. The van der Waals surface area contributed by atoms with Crippen LogP contribution in [0.2, 0.25) is 0 Å². The van der Waals surface area contributed by atoms with Gasteiger partial charge in [0.15, 0.2) is 5.96 Å². The van der Waals surface area contributed by atoms with E-state index in [-0.39, 0.29) is 24.0 Å². The third-order valence-electron chi connectivity index (χ3n) is 3.76. The monoisotopic (exact) mass is 418 g/mol. The number of hydrogen-bond acceptors (Lipinski definition) is 3. The molecule has 0 aromatic heterocycles. The van der Waals surface area contributed by atoms with Crippen molar-refractivity contribution < 1.29 is 4.74 Å². The quantitative estimate of drug-likeness (QED) is 0.434. The van der Waals surface area contributed by atoms with Gasteiger partial charge < -0.3 is 15.4 Å². The lowest BCUT2D eigenvalue weighted by Crippen LogP contribution is -2.44. The molecule has 0 saturated carbocycles. The molecule has 0 aliphatic carbocycles. The minimum Gasteiger partial charge on any atom is -0.379 e. The summed E-state index contributed by atoms with van der Waals surface area (Å²) in [7, 11) is 1.81. The highest BCUT2D eigenvalue weighted by atomic mass is 127. The van der Waals surface area contributed by atoms with E-state index in [1.165, 1.54) is 11.1 Å². The van der Waals surface area contributed by atoms with Gasteiger partial charge in [-0.15, -0.1) is 24.0 Å². The van der Waals surface area contributed by atoms with E-state index in [4.69, 9.17) is 4.74 Å². The number of halogens is 1. The Morgan fingerprint density at radius 1 is 1.23 bits per heavy atom. The first-order chi connectivity index (χ1) is 10.3. The molecule has 1 aliphatic rings. The molecule has 1 heterocycles. The van der Waals surface area contributed by atoms with Crippen molar-refractivity contribution in [3.8, 4) is 0 Å². The second-order valence-corrected chi connectivity index (χ2v) is 5.23. The highest BCUT2D eigenvalue weighted by Gasteiger charge is 2.09. The lowest BCUT2D eigenvalue weighted by molar-refractivity contribution is 0.0389. The van der Waals surface area contributed by atoms with Crippen LogP contribution >= 0.6 is 24.0 Å². The number of aryl methyl sites for hydroxylation is 1. The van der Waals surface area contributed by atoms with Gasteiger partial charge in [-0.2, -0.15) is 0 Å². The molecule has 1 aromatic rings. The van der Waals surface area contributed by atoms with Crippen LogP contribution < -0.4 is 10.6 Å². The zero-order chi connectivity index (χ0) is 14.9. The third kappa shape index (κ3) is 6.50. The minimum absolute atomic E-state index is 0. The first-order valence-electron chi connectivity index (χ1n) is 7.58. The zero-order valence-electron chi connectivity index (χ0n) is 13.5. The molecule has 0 amide bonds. The van der Waals surface area contributed by atoms with Crippen molar-refractivity contribution in [2.45, 2.75) is 13.5 Å². The van der Waals surface area contributed by atoms with Crippen molar-refractivity contribution in [2.24, 2.45) is 4.99 Å². The SMILES string of the molecule is CN=C(NCCN1CCOCC1)NCc1ccccc1C.I. The molecule has 1 aliphatic heterocycles. The van der Waals surface area contributed by atoms with Crippen LogP contribution in [0.4, 0.5) is 0 Å². The van der Waals surface area contributed by atoms with E-state index in [1.807, 2.05) is 7.05 Å². The average Bonchev–Trinajstić information content (AvgIpc) is 2.53. The normalized spacial score (nSPS) is 16.0. The second-order valence-electron chi connectivity index (χ2n) is 5.23. The first-order valence-corrected chi connectivity index (χ1v) is 7.58. The number of ether oxygens (including phenoxy) is 1. The number of morpholine rings is 1. The highest BCUT2D eigenvalue weighted by molar-refractivity contribution is 14.0. The van der Waals surface area contributed by atoms with Crippen LogP contribution in [-0.4, -0.2) is 57.3 Å². The third-order valence-corrected chi connectivity index (χ3v) is 3.76. The van der Waals surface area contributed by atoms with Gasteiger partial charge in [0.25, 0.3) is 0 Å². The largest absolute Gasteiger partial charge is 0.379 e. The topological polar surface area (TPSA) is 48.9 Å². The summed E-state index contributed by atoms with van der Waals surface area (Å²) < 4.78 is 5.35. The fourth-order valence-electron chi connectivity index (χ4n) is 2.37. The molecule has 0 bridgehead atoms. The Balaban J connectivity index is 0.00000242. The molecule has 1 aromatic carbocycles. The maximum Gasteiger partial charge on any atom is 0.191 e. The zero-order valence-corrected chi connectivity index (χ0v) is 15.8. The highest BCUT2D eigenvalue weighted by Crippen LogP contribution is 2.05. The van der Waals surface area contributed by atoms with Gasteiger partial charge in [0.05, 0.1) is 13.2 Å². The molecule has 22 heavy (non-hydrogen) atoms. The Morgan fingerprint density at radius 3 is 2.64 bits per heavy atom. The van der Waals surface area contributed by atoms with Gasteiger partial charge in [0, 0.05) is 39.8 Å². The van der Waals surface area contributed by atoms with E-state index in [0.29, 0.717) is 0 Å². The van der Waals surface area contributed by atoms with Gasteiger partial charge in [-0.3, -0.25) is 9.89 Å². The van der Waals surface area contributed by atoms with Crippen LogP contribution in [-0.2, 0) is 11.3 Å². The van der Waals surface area contributed by atoms with Crippen LogP contribution in [0, 0.1) is 6.92 Å². The molecule has 6 heteroatoms. The molecule has 124 valence electrons.